The molecule has 0 saturated carbocycles. The summed E-state index contributed by atoms with van der Waals surface area (Å²) in [7, 11) is 0. The van der Waals surface area contributed by atoms with Crippen molar-refractivity contribution in [1.82, 2.24) is 0 Å². The van der Waals surface area contributed by atoms with Gasteiger partial charge in [-0.3, -0.25) is 4.79 Å². The van der Waals surface area contributed by atoms with E-state index in [2.05, 4.69) is 5.32 Å². The number of fused-ring (bicyclic) bond motifs is 1. The zero-order valence-electron chi connectivity index (χ0n) is 8.19. The fourth-order valence-electron chi connectivity index (χ4n) is 1.30. The van der Waals surface area contributed by atoms with Gasteiger partial charge in [0.15, 0.2) is 11.5 Å². The van der Waals surface area contributed by atoms with Gasteiger partial charge in [0.1, 0.15) is 6.04 Å². The highest BCUT2D eigenvalue weighted by atomic mass is 16.7. The fraction of sp³-hybridized carbons (Fsp3) is 0.300. The molecular formula is C10H11NO4. The fourth-order valence-corrected chi connectivity index (χ4v) is 1.30. The zero-order valence-corrected chi connectivity index (χ0v) is 8.19. The Morgan fingerprint density at radius 1 is 1.47 bits per heavy atom. The van der Waals surface area contributed by atoms with Crippen LogP contribution in [0, 0.1) is 0 Å². The van der Waals surface area contributed by atoms with Crippen molar-refractivity contribution in [2.45, 2.75) is 13.0 Å². The maximum atomic E-state index is 10.6. The minimum absolute atomic E-state index is 0.216. The number of carboxylic acids is 1. The summed E-state index contributed by atoms with van der Waals surface area (Å²) in [5.41, 5.74) is 0.703. The van der Waals surface area contributed by atoms with Crippen molar-refractivity contribution in [1.29, 1.82) is 0 Å². The quantitative estimate of drug-likeness (QED) is 0.785. The molecule has 1 atom stereocenters. The number of hydrogen-bond donors (Lipinski definition) is 2. The lowest BCUT2D eigenvalue weighted by molar-refractivity contribution is -0.137. The van der Waals surface area contributed by atoms with Gasteiger partial charge in [-0.1, -0.05) is 0 Å². The third kappa shape index (κ3) is 1.96. The second-order valence-electron chi connectivity index (χ2n) is 3.27. The van der Waals surface area contributed by atoms with Crippen molar-refractivity contribution in [3.8, 4) is 11.5 Å². The molecule has 0 amide bonds. The van der Waals surface area contributed by atoms with Crippen LogP contribution in [0.1, 0.15) is 6.92 Å². The van der Waals surface area contributed by atoms with E-state index in [1.54, 1.807) is 25.1 Å². The lowest BCUT2D eigenvalue weighted by Gasteiger charge is -2.10. The molecule has 0 aliphatic carbocycles. The summed E-state index contributed by atoms with van der Waals surface area (Å²) in [4.78, 5) is 10.6. The minimum atomic E-state index is -0.896. The molecule has 0 saturated heterocycles. The molecule has 0 radical (unpaired) electrons. The largest absolute Gasteiger partial charge is 0.480 e. The molecule has 0 bridgehead atoms. The van der Waals surface area contributed by atoms with Crippen LogP contribution in [0.15, 0.2) is 18.2 Å². The van der Waals surface area contributed by atoms with Crippen LogP contribution in [0.3, 0.4) is 0 Å². The van der Waals surface area contributed by atoms with Gasteiger partial charge >= 0.3 is 5.97 Å². The number of aliphatic carboxylic acids is 1. The van der Waals surface area contributed by atoms with Crippen LogP contribution in [0.2, 0.25) is 0 Å². The predicted octanol–water partition coefficient (Wildman–Crippen LogP) is 1.30. The molecule has 80 valence electrons. The number of benzene rings is 1. The van der Waals surface area contributed by atoms with Crippen molar-refractivity contribution < 1.29 is 19.4 Å². The highest BCUT2D eigenvalue weighted by Gasteiger charge is 2.15. The van der Waals surface area contributed by atoms with Crippen LogP contribution in [-0.2, 0) is 4.79 Å². The zero-order chi connectivity index (χ0) is 10.8. The standard InChI is InChI=1S/C10H11NO4/c1-6(10(12)13)11-7-2-3-8-9(4-7)15-5-14-8/h2-4,6,11H,5H2,1H3,(H,12,13)/t6-/m0/s1. The number of carboxylic acid groups (broad SMARTS) is 1. The lowest BCUT2D eigenvalue weighted by Crippen LogP contribution is -2.25. The maximum absolute atomic E-state index is 10.6. The highest BCUT2D eigenvalue weighted by molar-refractivity contribution is 5.77. The summed E-state index contributed by atoms with van der Waals surface area (Å²) in [6.45, 7) is 1.79. The molecule has 5 heteroatoms. The van der Waals surface area contributed by atoms with Crippen LogP contribution in [-0.4, -0.2) is 23.9 Å². The summed E-state index contributed by atoms with van der Waals surface area (Å²) in [5.74, 6) is 0.425. The van der Waals surface area contributed by atoms with Gasteiger partial charge in [-0.2, -0.15) is 0 Å². The number of hydrogen-bond acceptors (Lipinski definition) is 4. The van der Waals surface area contributed by atoms with E-state index in [9.17, 15) is 4.79 Å². The average molecular weight is 209 g/mol. The molecule has 2 N–H and O–H groups in total. The minimum Gasteiger partial charge on any atom is -0.480 e. The van der Waals surface area contributed by atoms with E-state index in [0.717, 1.165) is 0 Å². The summed E-state index contributed by atoms with van der Waals surface area (Å²) < 4.78 is 10.3. The van der Waals surface area contributed by atoms with Crippen molar-refractivity contribution in [3.63, 3.8) is 0 Å². The molecule has 0 fully saturated rings. The van der Waals surface area contributed by atoms with E-state index >= 15 is 0 Å². The molecule has 0 spiro atoms. The SMILES string of the molecule is C[C@H](Nc1ccc2c(c1)OCO2)C(=O)O. The Labute approximate surface area is 86.6 Å². The van der Waals surface area contributed by atoms with Crippen LogP contribution in [0.25, 0.3) is 0 Å². The number of anilines is 1. The molecule has 0 unspecified atom stereocenters. The van der Waals surface area contributed by atoms with Crippen LogP contribution < -0.4 is 14.8 Å². The van der Waals surface area contributed by atoms with Gasteiger partial charge in [0.25, 0.3) is 0 Å². The summed E-state index contributed by atoms with van der Waals surface area (Å²) in [5, 5.41) is 11.6. The van der Waals surface area contributed by atoms with Gasteiger partial charge in [-0.05, 0) is 19.1 Å². The molecule has 1 aliphatic rings. The third-order valence-electron chi connectivity index (χ3n) is 2.13. The van der Waals surface area contributed by atoms with Crippen molar-refractivity contribution in [2.75, 3.05) is 12.1 Å². The Bertz CT molecular complexity index is 391. The summed E-state index contributed by atoms with van der Waals surface area (Å²) >= 11 is 0. The van der Waals surface area contributed by atoms with Crippen molar-refractivity contribution >= 4 is 11.7 Å². The topological polar surface area (TPSA) is 67.8 Å². The first-order chi connectivity index (χ1) is 7.16. The summed E-state index contributed by atoms with van der Waals surface area (Å²) in [6.07, 6.45) is 0. The van der Waals surface area contributed by atoms with Gasteiger partial charge in [0.2, 0.25) is 6.79 Å². The van der Waals surface area contributed by atoms with E-state index < -0.39 is 12.0 Å². The lowest BCUT2D eigenvalue weighted by atomic mass is 10.2. The first-order valence-electron chi connectivity index (χ1n) is 4.56. The normalized spacial score (nSPS) is 14.7. The van der Waals surface area contributed by atoms with Gasteiger partial charge in [0, 0.05) is 11.8 Å². The van der Waals surface area contributed by atoms with Crippen molar-refractivity contribution in [2.24, 2.45) is 0 Å². The third-order valence-corrected chi connectivity index (χ3v) is 2.13. The Kier molecular flexibility index (Phi) is 2.37. The predicted molar refractivity (Wildman–Crippen MR) is 53.3 cm³/mol. The average Bonchev–Trinajstić information content (AvgIpc) is 2.64. The Hall–Kier alpha value is -1.91. The Balaban J connectivity index is 2.13. The Morgan fingerprint density at radius 3 is 2.93 bits per heavy atom. The number of nitrogens with one attached hydrogen (secondary N) is 1. The highest BCUT2D eigenvalue weighted by Crippen LogP contribution is 2.34. The smallest absolute Gasteiger partial charge is 0.325 e. The first kappa shape index (κ1) is 9.64. The van der Waals surface area contributed by atoms with Gasteiger partial charge in [-0.15, -0.1) is 0 Å². The number of ether oxygens (including phenoxy) is 2. The van der Waals surface area contributed by atoms with Crippen LogP contribution in [0.4, 0.5) is 5.69 Å². The molecular weight excluding hydrogens is 198 g/mol. The number of rotatable bonds is 3. The number of carbonyl (C=O) groups is 1. The summed E-state index contributed by atoms with van der Waals surface area (Å²) in [6, 6.07) is 4.60. The second-order valence-corrected chi connectivity index (χ2v) is 3.27. The van der Waals surface area contributed by atoms with Crippen LogP contribution in [0.5, 0.6) is 11.5 Å². The molecule has 1 aliphatic heterocycles. The molecule has 2 rings (SSSR count). The van der Waals surface area contributed by atoms with Crippen molar-refractivity contribution in [3.05, 3.63) is 18.2 Å². The molecule has 1 aromatic rings. The van der Waals surface area contributed by atoms with E-state index in [0.29, 0.717) is 17.2 Å². The van der Waals surface area contributed by atoms with Crippen LogP contribution >= 0.6 is 0 Å². The van der Waals surface area contributed by atoms with E-state index in [1.807, 2.05) is 0 Å². The molecule has 5 nitrogen and oxygen atoms in total. The van der Waals surface area contributed by atoms with Gasteiger partial charge < -0.3 is 19.9 Å². The van der Waals surface area contributed by atoms with E-state index in [4.69, 9.17) is 14.6 Å². The molecule has 1 aromatic carbocycles. The molecule has 15 heavy (non-hydrogen) atoms. The maximum Gasteiger partial charge on any atom is 0.325 e. The van der Waals surface area contributed by atoms with Gasteiger partial charge in [-0.25, -0.2) is 0 Å². The second kappa shape index (κ2) is 3.68. The van der Waals surface area contributed by atoms with E-state index in [1.165, 1.54) is 0 Å². The molecule has 0 aromatic heterocycles. The first-order valence-corrected chi connectivity index (χ1v) is 4.56. The van der Waals surface area contributed by atoms with E-state index in [-0.39, 0.29) is 6.79 Å². The molecule has 1 heterocycles. The monoisotopic (exact) mass is 209 g/mol. The van der Waals surface area contributed by atoms with Gasteiger partial charge in [0.05, 0.1) is 0 Å². The Morgan fingerprint density at radius 2 is 2.20 bits per heavy atom.